The molecule has 1 saturated heterocycles. The highest BCUT2D eigenvalue weighted by molar-refractivity contribution is 9.10. The van der Waals surface area contributed by atoms with Gasteiger partial charge in [-0.25, -0.2) is 22.6 Å². The van der Waals surface area contributed by atoms with Crippen LogP contribution in [0.4, 0.5) is 4.39 Å². The smallest absolute Gasteiger partial charge is 0.253 e. The third kappa shape index (κ3) is 6.27. The van der Waals surface area contributed by atoms with Crippen LogP contribution in [-0.2, 0) is 31.7 Å². The van der Waals surface area contributed by atoms with Gasteiger partial charge in [0.25, 0.3) is 5.91 Å². The van der Waals surface area contributed by atoms with Crippen LogP contribution in [-0.4, -0.2) is 41.7 Å². The molecule has 1 aromatic heterocycles. The predicted octanol–water partition coefficient (Wildman–Crippen LogP) is 4.72. The lowest BCUT2D eigenvalue weighted by Crippen LogP contribution is -2.32. The lowest BCUT2D eigenvalue weighted by molar-refractivity contribution is -0.130. The number of carbonyl (C=O) groups is 1. The van der Waals surface area contributed by atoms with E-state index < -0.39 is 22.4 Å². The van der Waals surface area contributed by atoms with Gasteiger partial charge in [0.2, 0.25) is 10.0 Å². The zero-order chi connectivity index (χ0) is 27.7. The van der Waals surface area contributed by atoms with Crippen molar-refractivity contribution in [3.8, 4) is 16.9 Å². The van der Waals surface area contributed by atoms with Crippen molar-refractivity contribution in [1.29, 1.82) is 0 Å². The monoisotopic (exact) mass is 612 g/mol. The molecule has 0 bridgehead atoms. The highest BCUT2D eigenvalue weighted by Gasteiger charge is 2.40. The van der Waals surface area contributed by atoms with Gasteiger partial charge >= 0.3 is 0 Å². The third-order valence-electron chi connectivity index (χ3n) is 6.50. The Morgan fingerprint density at radius 2 is 1.64 bits per heavy atom. The van der Waals surface area contributed by atoms with E-state index in [0.29, 0.717) is 35.3 Å². The fourth-order valence-electron chi connectivity index (χ4n) is 4.55. The minimum atomic E-state index is -3.62. The molecule has 1 amide bonds. The normalized spacial score (nSPS) is 17.6. The molecule has 3 aromatic carbocycles. The van der Waals surface area contributed by atoms with E-state index in [-0.39, 0.29) is 17.5 Å². The number of rotatable bonds is 8. The summed E-state index contributed by atoms with van der Waals surface area (Å²) >= 11 is 3.45. The molecule has 0 spiro atoms. The lowest BCUT2D eigenvalue weighted by Gasteiger charge is -2.23. The summed E-state index contributed by atoms with van der Waals surface area (Å²) in [7, 11) is -3.62. The van der Waals surface area contributed by atoms with Crippen LogP contribution in [0.5, 0.6) is 0 Å². The number of sulfonamides is 1. The van der Waals surface area contributed by atoms with Crippen molar-refractivity contribution >= 4 is 31.9 Å². The Hall–Kier alpha value is -3.38. The van der Waals surface area contributed by atoms with Crippen LogP contribution in [0.1, 0.15) is 29.8 Å². The Labute approximate surface area is 234 Å². The summed E-state index contributed by atoms with van der Waals surface area (Å²) in [6.45, 7) is 2.09. The van der Waals surface area contributed by atoms with E-state index in [4.69, 9.17) is 15.0 Å². The summed E-state index contributed by atoms with van der Waals surface area (Å²) in [5, 5.41) is 9.94. The number of hydrogen-bond acceptors (Lipinski definition) is 5. The number of halogens is 2. The van der Waals surface area contributed by atoms with E-state index in [1.165, 1.54) is 12.1 Å². The highest BCUT2D eigenvalue weighted by Crippen LogP contribution is 2.37. The number of primary sulfonamides is 1. The summed E-state index contributed by atoms with van der Waals surface area (Å²) in [5.74, 6) is -0.739. The van der Waals surface area contributed by atoms with Crippen LogP contribution in [0.15, 0.2) is 83.5 Å². The molecule has 4 aromatic rings. The van der Waals surface area contributed by atoms with Gasteiger partial charge in [0.05, 0.1) is 11.4 Å². The van der Waals surface area contributed by atoms with E-state index in [1.54, 1.807) is 40.8 Å². The van der Waals surface area contributed by atoms with E-state index in [2.05, 4.69) is 15.9 Å². The van der Waals surface area contributed by atoms with E-state index >= 15 is 0 Å². The second-order valence-corrected chi connectivity index (χ2v) is 11.9. The highest BCUT2D eigenvalue weighted by atomic mass is 79.9. The maximum atomic E-state index is 13.7. The molecule has 0 radical (unpaired) electrons. The molecule has 11 heteroatoms. The largest absolute Gasteiger partial charge is 0.341 e. The average Bonchev–Trinajstić information content (AvgIpc) is 3.45. The SMILES string of the molecule is C[C@H]1O[C@H](c2cn(-c3ccc(Br)cc3)nc2-c2ccc(F)cc2)N(CCc2ccc(CS(N)(=O)=O)cc2)C1=O. The number of aromatic nitrogens is 2. The van der Waals surface area contributed by atoms with Crippen LogP contribution in [0.3, 0.4) is 0 Å². The molecule has 2 atom stereocenters. The zero-order valence-electron chi connectivity index (χ0n) is 21.0. The number of ether oxygens (including phenoxy) is 1. The van der Waals surface area contributed by atoms with Gasteiger partial charge in [-0.2, -0.15) is 5.10 Å². The van der Waals surface area contributed by atoms with Crippen molar-refractivity contribution in [2.45, 2.75) is 31.4 Å². The predicted molar refractivity (Wildman–Crippen MR) is 149 cm³/mol. The zero-order valence-corrected chi connectivity index (χ0v) is 23.4. The lowest BCUT2D eigenvalue weighted by atomic mass is 10.1. The van der Waals surface area contributed by atoms with Crippen molar-refractivity contribution in [2.24, 2.45) is 5.14 Å². The van der Waals surface area contributed by atoms with E-state index in [1.807, 2.05) is 42.6 Å². The maximum Gasteiger partial charge on any atom is 0.253 e. The number of carbonyl (C=O) groups excluding carboxylic acids is 1. The molecule has 0 saturated carbocycles. The van der Waals surface area contributed by atoms with Gasteiger partial charge in [0.15, 0.2) is 6.23 Å². The standard InChI is InChI=1S/C28H26BrFN4O4S/c1-18-27(35)33(15-14-19-2-4-20(5-3-19)17-39(31,36)37)28(38-18)25-16-34(24-12-8-22(29)9-13-24)32-26(25)21-6-10-23(30)11-7-21/h2-13,16,18,28H,14-15,17H2,1H3,(H2,31,36,37)/t18-,28-/m1/s1. The molecule has 0 unspecified atom stereocenters. The molecule has 1 aliphatic heterocycles. The molecule has 202 valence electrons. The first-order valence-corrected chi connectivity index (χ1v) is 14.7. The molecular weight excluding hydrogens is 587 g/mol. The van der Waals surface area contributed by atoms with Gasteiger partial charge < -0.3 is 9.64 Å². The molecule has 5 rings (SSSR count). The van der Waals surface area contributed by atoms with Crippen LogP contribution >= 0.6 is 15.9 Å². The Kier molecular flexibility index (Phi) is 7.68. The molecule has 8 nitrogen and oxygen atoms in total. The molecule has 1 aliphatic rings. The molecule has 0 aliphatic carbocycles. The summed E-state index contributed by atoms with van der Waals surface area (Å²) < 4.78 is 45.2. The van der Waals surface area contributed by atoms with Crippen LogP contribution in [0.25, 0.3) is 16.9 Å². The summed E-state index contributed by atoms with van der Waals surface area (Å²) in [4.78, 5) is 14.8. The van der Waals surface area contributed by atoms with Gasteiger partial charge in [-0.05, 0) is 73.0 Å². The number of nitrogens with zero attached hydrogens (tertiary/aromatic N) is 3. The summed E-state index contributed by atoms with van der Waals surface area (Å²) in [6.07, 6.45) is 1.02. The first-order chi connectivity index (χ1) is 18.6. The van der Waals surface area contributed by atoms with Gasteiger partial charge in [-0.15, -0.1) is 0 Å². The van der Waals surface area contributed by atoms with Gasteiger partial charge in [-0.3, -0.25) is 4.79 Å². The minimum Gasteiger partial charge on any atom is -0.341 e. The van der Waals surface area contributed by atoms with Crippen LogP contribution < -0.4 is 5.14 Å². The molecule has 1 fully saturated rings. The van der Waals surface area contributed by atoms with E-state index in [0.717, 1.165) is 15.7 Å². The third-order valence-corrected chi connectivity index (χ3v) is 7.76. The van der Waals surface area contributed by atoms with Crippen molar-refractivity contribution in [3.05, 3.63) is 106 Å². The Balaban J connectivity index is 1.46. The van der Waals surface area contributed by atoms with Gasteiger partial charge in [0, 0.05) is 28.3 Å². The van der Waals surface area contributed by atoms with Gasteiger partial charge in [0.1, 0.15) is 17.6 Å². The Morgan fingerprint density at radius 1 is 1.00 bits per heavy atom. The average molecular weight is 614 g/mol. The Bertz CT molecular complexity index is 1590. The first-order valence-electron chi connectivity index (χ1n) is 12.2. The van der Waals surface area contributed by atoms with Crippen molar-refractivity contribution < 1.29 is 22.3 Å². The van der Waals surface area contributed by atoms with Crippen LogP contribution in [0.2, 0.25) is 0 Å². The fraction of sp³-hybridized carbons (Fsp3) is 0.214. The number of benzene rings is 3. The molecule has 2 heterocycles. The first kappa shape index (κ1) is 27.2. The van der Waals surface area contributed by atoms with Crippen molar-refractivity contribution in [3.63, 3.8) is 0 Å². The summed E-state index contributed by atoms with van der Waals surface area (Å²) in [6, 6.07) is 20.8. The second-order valence-electron chi connectivity index (χ2n) is 9.40. The second kappa shape index (κ2) is 11.0. The minimum absolute atomic E-state index is 0.146. The maximum absolute atomic E-state index is 13.7. The van der Waals surface area contributed by atoms with E-state index in [9.17, 15) is 17.6 Å². The van der Waals surface area contributed by atoms with Crippen molar-refractivity contribution in [1.82, 2.24) is 14.7 Å². The topological polar surface area (TPSA) is 108 Å². The number of hydrogen-bond donors (Lipinski definition) is 1. The summed E-state index contributed by atoms with van der Waals surface area (Å²) in [5.41, 5.74) is 4.31. The molecular formula is C28H26BrFN4O4S. The number of nitrogens with two attached hydrogens (primary N) is 1. The fourth-order valence-corrected chi connectivity index (χ4v) is 5.47. The molecule has 2 N–H and O–H groups in total. The van der Waals surface area contributed by atoms with Crippen molar-refractivity contribution in [2.75, 3.05) is 6.54 Å². The van der Waals surface area contributed by atoms with Gasteiger partial charge in [-0.1, -0.05) is 40.2 Å². The Morgan fingerprint density at radius 3 is 2.28 bits per heavy atom. The molecule has 39 heavy (non-hydrogen) atoms. The quantitative estimate of drug-likeness (QED) is 0.310. The van der Waals surface area contributed by atoms with Crippen LogP contribution in [0, 0.1) is 5.82 Å². The number of amides is 1.